The van der Waals surface area contributed by atoms with Gasteiger partial charge in [0.05, 0.1) is 12.0 Å². The van der Waals surface area contributed by atoms with Crippen molar-refractivity contribution in [2.75, 3.05) is 19.1 Å². The lowest BCUT2D eigenvalue weighted by Crippen LogP contribution is -2.42. The molecule has 0 saturated carbocycles. The molecule has 0 saturated heterocycles. The van der Waals surface area contributed by atoms with E-state index >= 15 is 0 Å². The van der Waals surface area contributed by atoms with Crippen LogP contribution in [-0.4, -0.2) is 52.1 Å². The number of carbonyl (C=O) groups is 2. The third kappa shape index (κ3) is 6.54. The van der Waals surface area contributed by atoms with E-state index in [-0.39, 0.29) is 29.6 Å². The Morgan fingerprint density at radius 3 is 2.68 bits per heavy atom. The SMILES string of the molecule is COc1ccc(-c2nc(COC(=O)C(CCSC)NC(=O)c3cccc([N+](=O)[O-])c3)no2)cc1. The summed E-state index contributed by atoms with van der Waals surface area (Å²) in [5, 5.41) is 17.4. The Bertz CT molecular complexity index is 1150. The minimum Gasteiger partial charge on any atom is -0.497 e. The highest BCUT2D eigenvalue weighted by Gasteiger charge is 2.24. The number of nitrogens with zero attached hydrogens (tertiary/aromatic N) is 3. The van der Waals surface area contributed by atoms with Crippen LogP contribution in [0.4, 0.5) is 5.69 Å². The van der Waals surface area contributed by atoms with Crippen molar-refractivity contribution in [3.8, 4) is 17.2 Å². The number of benzene rings is 2. The number of carbonyl (C=O) groups excluding carboxylic acids is 2. The van der Waals surface area contributed by atoms with Crippen LogP contribution in [0.1, 0.15) is 22.6 Å². The number of esters is 1. The normalized spacial score (nSPS) is 11.5. The summed E-state index contributed by atoms with van der Waals surface area (Å²) in [7, 11) is 1.56. The van der Waals surface area contributed by atoms with Gasteiger partial charge >= 0.3 is 5.97 Å². The van der Waals surface area contributed by atoms with E-state index in [1.54, 1.807) is 31.4 Å². The first-order valence-electron chi connectivity index (χ1n) is 10.1. The van der Waals surface area contributed by atoms with E-state index in [0.29, 0.717) is 23.5 Å². The van der Waals surface area contributed by atoms with Crippen LogP contribution in [0.2, 0.25) is 0 Å². The first-order valence-corrected chi connectivity index (χ1v) is 11.5. The summed E-state index contributed by atoms with van der Waals surface area (Å²) in [4.78, 5) is 39.8. The summed E-state index contributed by atoms with van der Waals surface area (Å²) in [6, 6.07) is 11.3. The highest BCUT2D eigenvalue weighted by atomic mass is 32.2. The standard InChI is InChI=1S/C22H22N4O7S/c1-31-17-8-6-14(7-9-17)21-24-19(25-33-21)13-32-22(28)18(10-11-34-2)23-20(27)15-4-3-5-16(12-15)26(29)30/h3-9,12,18H,10-11,13H2,1-2H3,(H,23,27). The van der Waals surface area contributed by atoms with Gasteiger partial charge in [0.15, 0.2) is 6.61 Å². The summed E-state index contributed by atoms with van der Waals surface area (Å²) < 4.78 is 15.6. The van der Waals surface area contributed by atoms with Crippen molar-refractivity contribution >= 4 is 29.3 Å². The van der Waals surface area contributed by atoms with Crippen molar-refractivity contribution in [3.05, 3.63) is 70.0 Å². The number of thioether (sulfide) groups is 1. The Balaban J connectivity index is 1.63. The quantitative estimate of drug-likeness (QED) is 0.243. The Labute approximate surface area is 199 Å². The molecule has 12 heteroatoms. The lowest BCUT2D eigenvalue weighted by atomic mass is 10.1. The van der Waals surface area contributed by atoms with Crippen molar-refractivity contribution in [3.63, 3.8) is 0 Å². The molecule has 34 heavy (non-hydrogen) atoms. The maximum absolute atomic E-state index is 12.7. The van der Waals surface area contributed by atoms with E-state index in [1.165, 1.54) is 30.0 Å². The zero-order chi connectivity index (χ0) is 24.5. The number of rotatable bonds is 11. The molecule has 178 valence electrons. The molecule has 0 aliphatic carbocycles. The van der Waals surface area contributed by atoms with Crippen LogP contribution in [0.25, 0.3) is 11.5 Å². The molecule has 0 spiro atoms. The fraction of sp³-hybridized carbons (Fsp3) is 0.273. The van der Waals surface area contributed by atoms with E-state index < -0.39 is 22.8 Å². The molecule has 0 fully saturated rings. The van der Waals surface area contributed by atoms with E-state index in [9.17, 15) is 19.7 Å². The van der Waals surface area contributed by atoms with Crippen LogP contribution in [0.5, 0.6) is 5.75 Å². The second kappa shape index (κ2) is 11.8. The third-order valence-corrected chi connectivity index (χ3v) is 5.31. The van der Waals surface area contributed by atoms with Gasteiger partial charge in [0.1, 0.15) is 11.8 Å². The molecular formula is C22H22N4O7S. The summed E-state index contributed by atoms with van der Waals surface area (Å²) in [6.07, 6.45) is 2.18. The lowest BCUT2D eigenvalue weighted by molar-refractivity contribution is -0.384. The third-order valence-electron chi connectivity index (χ3n) is 4.67. The molecule has 1 unspecified atom stereocenters. The predicted octanol–water partition coefficient (Wildman–Crippen LogP) is 3.25. The Morgan fingerprint density at radius 2 is 2.00 bits per heavy atom. The first-order chi connectivity index (χ1) is 16.4. The monoisotopic (exact) mass is 486 g/mol. The van der Waals surface area contributed by atoms with Gasteiger partial charge in [0.25, 0.3) is 17.5 Å². The van der Waals surface area contributed by atoms with E-state index in [4.69, 9.17) is 14.0 Å². The zero-order valence-corrected chi connectivity index (χ0v) is 19.2. The average Bonchev–Trinajstić information content (AvgIpc) is 3.34. The topological polar surface area (TPSA) is 147 Å². The molecule has 11 nitrogen and oxygen atoms in total. The highest BCUT2D eigenvalue weighted by Crippen LogP contribution is 2.21. The molecule has 0 aliphatic rings. The second-order valence-corrected chi connectivity index (χ2v) is 7.95. The predicted molar refractivity (Wildman–Crippen MR) is 123 cm³/mol. The Morgan fingerprint density at radius 1 is 1.24 bits per heavy atom. The lowest BCUT2D eigenvalue weighted by Gasteiger charge is -2.17. The van der Waals surface area contributed by atoms with E-state index in [0.717, 1.165) is 6.07 Å². The van der Waals surface area contributed by atoms with Gasteiger partial charge < -0.3 is 19.3 Å². The first kappa shape index (κ1) is 24.7. The fourth-order valence-electron chi connectivity index (χ4n) is 2.89. The number of amides is 1. The molecule has 2 aromatic carbocycles. The van der Waals surface area contributed by atoms with Gasteiger partial charge in [-0.1, -0.05) is 11.2 Å². The van der Waals surface area contributed by atoms with Gasteiger partial charge in [-0.2, -0.15) is 16.7 Å². The summed E-state index contributed by atoms with van der Waals surface area (Å²) in [5.74, 6) is 0.385. The number of aromatic nitrogens is 2. The van der Waals surface area contributed by atoms with Crippen molar-refractivity contribution in [1.29, 1.82) is 0 Å². The maximum atomic E-state index is 12.7. The minimum absolute atomic E-state index is 0.0680. The number of non-ortho nitro benzene ring substituents is 1. The summed E-state index contributed by atoms with van der Waals surface area (Å²) in [5.41, 5.74) is 0.520. The van der Waals surface area contributed by atoms with Crippen LogP contribution < -0.4 is 10.1 Å². The van der Waals surface area contributed by atoms with Crippen LogP contribution in [0.15, 0.2) is 53.1 Å². The van der Waals surface area contributed by atoms with Gasteiger partial charge in [-0.15, -0.1) is 0 Å². The van der Waals surface area contributed by atoms with Crippen molar-refractivity contribution in [2.24, 2.45) is 0 Å². The maximum Gasteiger partial charge on any atom is 0.329 e. The molecule has 1 amide bonds. The fourth-order valence-corrected chi connectivity index (χ4v) is 3.36. The van der Waals surface area contributed by atoms with Crippen molar-refractivity contribution in [2.45, 2.75) is 19.1 Å². The summed E-state index contributed by atoms with van der Waals surface area (Å²) >= 11 is 1.50. The van der Waals surface area contributed by atoms with Crippen LogP contribution in [-0.2, 0) is 16.1 Å². The number of hydrogen-bond donors (Lipinski definition) is 1. The van der Waals surface area contributed by atoms with E-state index in [1.807, 2.05) is 6.26 Å². The molecule has 3 aromatic rings. The molecule has 0 radical (unpaired) electrons. The van der Waals surface area contributed by atoms with Gasteiger partial charge in [-0.05, 0) is 48.8 Å². The molecule has 1 atom stereocenters. The molecule has 0 aliphatic heterocycles. The van der Waals surface area contributed by atoms with Crippen LogP contribution in [0.3, 0.4) is 0 Å². The van der Waals surface area contributed by atoms with Crippen LogP contribution >= 0.6 is 11.8 Å². The second-order valence-electron chi connectivity index (χ2n) is 6.97. The molecule has 1 heterocycles. The number of nitrogens with one attached hydrogen (secondary N) is 1. The number of methoxy groups -OCH3 is 1. The number of nitro groups is 1. The number of hydrogen-bond acceptors (Lipinski definition) is 10. The minimum atomic E-state index is -0.952. The summed E-state index contributed by atoms with van der Waals surface area (Å²) in [6.45, 7) is -0.249. The van der Waals surface area contributed by atoms with Gasteiger partial charge in [-0.25, -0.2) is 4.79 Å². The number of ether oxygens (including phenoxy) is 2. The molecule has 3 rings (SSSR count). The number of nitro benzene ring substituents is 1. The average molecular weight is 487 g/mol. The zero-order valence-electron chi connectivity index (χ0n) is 18.4. The highest BCUT2D eigenvalue weighted by molar-refractivity contribution is 7.98. The van der Waals surface area contributed by atoms with Gasteiger partial charge in [0.2, 0.25) is 5.82 Å². The molecule has 1 aromatic heterocycles. The smallest absolute Gasteiger partial charge is 0.329 e. The Kier molecular flexibility index (Phi) is 8.57. The van der Waals surface area contributed by atoms with Crippen molar-refractivity contribution in [1.82, 2.24) is 15.5 Å². The van der Waals surface area contributed by atoms with Gasteiger partial charge in [0, 0.05) is 23.3 Å². The van der Waals surface area contributed by atoms with E-state index in [2.05, 4.69) is 15.5 Å². The Hall–Kier alpha value is -3.93. The van der Waals surface area contributed by atoms with Gasteiger partial charge in [-0.3, -0.25) is 14.9 Å². The molecule has 1 N–H and O–H groups in total. The molecule has 0 bridgehead atoms. The molecular weight excluding hydrogens is 464 g/mol. The van der Waals surface area contributed by atoms with Crippen molar-refractivity contribution < 1.29 is 28.5 Å². The van der Waals surface area contributed by atoms with Crippen LogP contribution in [0, 0.1) is 10.1 Å². The largest absolute Gasteiger partial charge is 0.497 e.